The SMILES string of the molecule is CC#CC(C)(C)NC(=O)N(SC(Cl)(Cl)Cl)c1cc(C(C)(C)C)on1. The van der Waals surface area contributed by atoms with Gasteiger partial charge >= 0.3 is 6.03 Å². The summed E-state index contributed by atoms with van der Waals surface area (Å²) in [5, 5.41) is 6.68. The number of aromatic nitrogens is 1. The van der Waals surface area contributed by atoms with E-state index in [-0.39, 0.29) is 11.2 Å². The number of amides is 2. The summed E-state index contributed by atoms with van der Waals surface area (Å²) < 4.78 is 4.70. The fourth-order valence-electron chi connectivity index (χ4n) is 1.67. The van der Waals surface area contributed by atoms with Crippen LogP contribution in [0.4, 0.5) is 10.6 Å². The fourth-order valence-corrected chi connectivity index (χ4v) is 2.81. The third kappa shape index (κ3) is 6.64. The molecule has 1 aromatic heterocycles. The van der Waals surface area contributed by atoms with Gasteiger partial charge in [-0.05, 0) is 20.8 Å². The maximum Gasteiger partial charge on any atom is 0.334 e. The monoisotopic (exact) mass is 411 g/mol. The van der Waals surface area contributed by atoms with Crippen molar-refractivity contribution in [3.63, 3.8) is 0 Å². The van der Waals surface area contributed by atoms with Crippen LogP contribution >= 0.6 is 46.8 Å². The molecule has 0 spiro atoms. The number of rotatable bonds is 3. The number of nitrogens with one attached hydrogen (secondary N) is 1. The lowest BCUT2D eigenvalue weighted by molar-refractivity contribution is 0.244. The smallest absolute Gasteiger partial charge is 0.334 e. The largest absolute Gasteiger partial charge is 0.359 e. The number of alkyl halides is 3. The zero-order valence-corrected chi connectivity index (χ0v) is 17.4. The Labute approximate surface area is 161 Å². The number of carbonyl (C=O) groups excluding carboxylic acids is 1. The molecule has 0 aliphatic carbocycles. The number of carbonyl (C=O) groups is 1. The molecule has 0 bridgehead atoms. The maximum absolute atomic E-state index is 12.6. The molecular formula is C15H20Cl3N3O2S. The molecule has 0 radical (unpaired) electrons. The molecular weight excluding hydrogens is 393 g/mol. The average molecular weight is 413 g/mol. The van der Waals surface area contributed by atoms with Crippen molar-refractivity contribution in [2.24, 2.45) is 0 Å². The van der Waals surface area contributed by atoms with E-state index >= 15 is 0 Å². The van der Waals surface area contributed by atoms with Gasteiger partial charge in [-0.25, -0.2) is 9.10 Å². The van der Waals surface area contributed by atoms with Crippen LogP contribution in [0.1, 0.15) is 47.3 Å². The number of nitrogens with zero attached hydrogens (tertiary/aromatic N) is 2. The summed E-state index contributed by atoms with van der Waals surface area (Å²) in [5.74, 6) is 6.49. The Balaban J connectivity index is 3.14. The standard InChI is InChI=1S/C15H20Cl3N3O2S/c1-7-8-14(5,6)19-12(22)21(24-15(16,17)18)11-9-10(23-20-11)13(2,3)4/h9H,1-6H3,(H,19,22). The minimum Gasteiger partial charge on any atom is -0.359 e. The molecule has 0 atom stereocenters. The lowest BCUT2D eigenvalue weighted by Crippen LogP contribution is -2.48. The van der Waals surface area contributed by atoms with Gasteiger partial charge in [-0.15, -0.1) is 5.92 Å². The van der Waals surface area contributed by atoms with Gasteiger partial charge in [0, 0.05) is 23.4 Å². The Hall–Kier alpha value is -0.740. The molecule has 0 aromatic carbocycles. The van der Waals surface area contributed by atoms with E-state index in [0.29, 0.717) is 17.7 Å². The number of anilines is 1. The van der Waals surface area contributed by atoms with Crippen molar-refractivity contribution in [2.45, 2.75) is 55.6 Å². The molecule has 0 saturated heterocycles. The summed E-state index contributed by atoms with van der Waals surface area (Å²) in [4.78, 5) is 12.6. The van der Waals surface area contributed by atoms with E-state index < -0.39 is 14.7 Å². The topological polar surface area (TPSA) is 58.4 Å². The molecule has 9 heteroatoms. The predicted octanol–water partition coefficient (Wildman–Crippen LogP) is 5.27. The van der Waals surface area contributed by atoms with Crippen LogP contribution < -0.4 is 9.62 Å². The highest BCUT2D eigenvalue weighted by Crippen LogP contribution is 2.43. The quantitative estimate of drug-likeness (QED) is 0.417. The second-order valence-corrected chi connectivity index (χ2v) is 10.7. The third-order valence-electron chi connectivity index (χ3n) is 2.68. The van der Waals surface area contributed by atoms with Gasteiger partial charge in [-0.1, -0.05) is 66.7 Å². The van der Waals surface area contributed by atoms with Crippen LogP contribution in [0.3, 0.4) is 0 Å². The Morgan fingerprint density at radius 3 is 2.29 bits per heavy atom. The summed E-state index contributed by atoms with van der Waals surface area (Å²) >= 11 is 18.2. The van der Waals surface area contributed by atoms with Gasteiger partial charge in [0.25, 0.3) is 3.12 Å². The van der Waals surface area contributed by atoms with Gasteiger partial charge in [-0.3, -0.25) is 0 Å². The summed E-state index contributed by atoms with van der Waals surface area (Å²) in [6.45, 7) is 11.1. The van der Waals surface area contributed by atoms with Crippen molar-refractivity contribution in [3.05, 3.63) is 11.8 Å². The molecule has 0 unspecified atom stereocenters. The van der Waals surface area contributed by atoms with Crippen LogP contribution in [-0.2, 0) is 5.41 Å². The Kier molecular flexibility index (Phi) is 6.79. The van der Waals surface area contributed by atoms with Gasteiger partial charge in [0.15, 0.2) is 5.82 Å². The highest BCUT2D eigenvalue weighted by atomic mass is 35.6. The van der Waals surface area contributed by atoms with E-state index in [1.807, 2.05) is 20.8 Å². The highest BCUT2D eigenvalue weighted by Gasteiger charge is 2.34. The molecule has 1 heterocycles. The Morgan fingerprint density at radius 1 is 1.29 bits per heavy atom. The van der Waals surface area contributed by atoms with E-state index in [4.69, 9.17) is 39.3 Å². The Bertz CT molecular complexity index is 651. The van der Waals surface area contributed by atoms with E-state index in [1.54, 1.807) is 26.8 Å². The van der Waals surface area contributed by atoms with Gasteiger partial charge in [0.2, 0.25) is 0 Å². The van der Waals surface area contributed by atoms with Crippen molar-refractivity contribution in [1.29, 1.82) is 0 Å². The molecule has 1 aromatic rings. The van der Waals surface area contributed by atoms with Crippen molar-refractivity contribution < 1.29 is 9.32 Å². The van der Waals surface area contributed by atoms with Crippen molar-refractivity contribution >= 4 is 58.6 Å². The first-order valence-corrected chi connectivity index (χ1v) is 8.95. The molecule has 134 valence electrons. The molecule has 0 aliphatic heterocycles. The van der Waals surface area contributed by atoms with E-state index in [1.165, 1.54) is 0 Å². The molecule has 1 N–H and O–H groups in total. The third-order valence-corrected chi connectivity index (χ3v) is 4.04. The minimum atomic E-state index is -1.75. The van der Waals surface area contributed by atoms with Crippen LogP contribution in [-0.4, -0.2) is 19.9 Å². The van der Waals surface area contributed by atoms with E-state index in [9.17, 15) is 4.79 Å². The second kappa shape index (κ2) is 7.65. The summed E-state index contributed by atoms with van der Waals surface area (Å²) in [7, 11) is 0. The van der Waals surface area contributed by atoms with Gasteiger partial charge < -0.3 is 9.84 Å². The van der Waals surface area contributed by atoms with Gasteiger partial charge in [-0.2, -0.15) is 0 Å². The predicted molar refractivity (Wildman–Crippen MR) is 102 cm³/mol. The summed E-state index contributed by atoms with van der Waals surface area (Å²) in [6, 6.07) is 1.12. The lowest BCUT2D eigenvalue weighted by atomic mass is 9.93. The Morgan fingerprint density at radius 2 is 1.88 bits per heavy atom. The number of hydrogen-bond donors (Lipinski definition) is 1. The van der Waals surface area contributed by atoms with Crippen LogP contribution in [0.5, 0.6) is 0 Å². The van der Waals surface area contributed by atoms with Crippen molar-refractivity contribution in [1.82, 2.24) is 10.5 Å². The van der Waals surface area contributed by atoms with Crippen LogP contribution in [0.2, 0.25) is 0 Å². The number of halogens is 3. The second-order valence-electron chi connectivity index (χ2n) is 6.56. The normalized spacial score (nSPS) is 12.4. The first-order chi connectivity index (χ1) is 10.7. The zero-order valence-electron chi connectivity index (χ0n) is 14.3. The highest BCUT2D eigenvalue weighted by molar-refractivity contribution is 8.06. The van der Waals surface area contributed by atoms with Gasteiger partial charge in [0.1, 0.15) is 5.76 Å². The molecule has 0 fully saturated rings. The average Bonchev–Trinajstić information content (AvgIpc) is 2.82. The summed E-state index contributed by atoms with van der Waals surface area (Å²) in [5.41, 5.74) is -1.03. The van der Waals surface area contributed by atoms with Crippen molar-refractivity contribution in [2.75, 3.05) is 4.31 Å². The number of urea groups is 1. The molecule has 24 heavy (non-hydrogen) atoms. The molecule has 2 amide bonds. The first-order valence-electron chi connectivity index (χ1n) is 7.04. The van der Waals surface area contributed by atoms with Gasteiger partial charge in [0.05, 0.1) is 5.54 Å². The molecule has 1 rings (SSSR count). The van der Waals surface area contributed by atoms with Crippen LogP contribution in [0.15, 0.2) is 10.6 Å². The van der Waals surface area contributed by atoms with Crippen molar-refractivity contribution in [3.8, 4) is 11.8 Å². The molecule has 0 saturated carbocycles. The van der Waals surface area contributed by atoms with E-state index in [0.717, 1.165) is 4.31 Å². The van der Waals surface area contributed by atoms with E-state index in [2.05, 4.69) is 22.3 Å². The summed E-state index contributed by atoms with van der Waals surface area (Å²) in [6.07, 6.45) is 0. The lowest BCUT2D eigenvalue weighted by Gasteiger charge is -2.27. The molecule has 5 nitrogen and oxygen atoms in total. The molecule has 0 aliphatic rings. The van der Waals surface area contributed by atoms with Crippen LogP contribution in [0.25, 0.3) is 0 Å². The minimum absolute atomic E-state index is 0.231. The zero-order chi connectivity index (χ0) is 18.8. The maximum atomic E-state index is 12.6. The first kappa shape index (κ1) is 21.3. The fraction of sp³-hybridized carbons (Fsp3) is 0.600. The number of hydrogen-bond acceptors (Lipinski definition) is 4. The van der Waals surface area contributed by atoms with Crippen LogP contribution in [0, 0.1) is 11.8 Å².